The second kappa shape index (κ2) is 5.19. The van der Waals surface area contributed by atoms with Gasteiger partial charge in [0.2, 0.25) is 0 Å². The van der Waals surface area contributed by atoms with Crippen molar-refractivity contribution in [3.63, 3.8) is 0 Å². The van der Waals surface area contributed by atoms with Crippen LogP contribution in [0.4, 0.5) is 0 Å². The van der Waals surface area contributed by atoms with Crippen molar-refractivity contribution in [2.75, 3.05) is 13.2 Å². The molecule has 2 N–H and O–H groups in total. The summed E-state index contributed by atoms with van der Waals surface area (Å²) in [5.74, 6) is 0.882. The first-order valence-corrected chi connectivity index (χ1v) is 5.51. The van der Waals surface area contributed by atoms with Crippen LogP contribution in [0.2, 0.25) is 0 Å². The van der Waals surface area contributed by atoms with E-state index >= 15 is 0 Å². The molecule has 1 aliphatic heterocycles. The molecular weight excluding hydrogens is 190 g/mol. The van der Waals surface area contributed by atoms with Crippen molar-refractivity contribution >= 4 is 0 Å². The lowest BCUT2D eigenvalue weighted by atomic mass is 10.1. The summed E-state index contributed by atoms with van der Waals surface area (Å²) in [7, 11) is 0. The van der Waals surface area contributed by atoms with Crippen LogP contribution in [0.1, 0.15) is 24.4 Å². The second-order valence-corrected chi connectivity index (χ2v) is 3.84. The van der Waals surface area contributed by atoms with E-state index in [9.17, 15) is 0 Å². The van der Waals surface area contributed by atoms with Crippen LogP contribution in [0.15, 0.2) is 12.3 Å². The molecule has 1 atom stereocenters. The molecule has 1 fully saturated rings. The maximum atomic E-state index is 5.55. The number of aromatic nitrogens is 2. The second-order valence-electron chi connectivity index (χ2n) is 3.84. The van der Waals surface area contributed by atoms with Crippen LogP contribution in [0.5, 0.6) is 0 Å². The molecule has 0 aliphatic carbocycles. The average Bonchev–Trinajstić information content (AvgIpc) is 2.71. The normalized spacial score (nSPS) is 20.7. The molecule has 0 aromatic carbocycles. The zero-order valence-electron chi connectivity index (χ0n) is 8.85. The lowest BCUT2D eigenvalue weighted by molar-refractivity contribution is 0.110. The number of nitrogens with two attached hydrogens (primary N) is 1. The molecule has 1 aromatic heterocycles. The molecule has 0 spiro atoms. The van der Waals surface area contributed by atoms with E-state index < -0.39 is 0 Å². The predicted molar refractivity (Wildman–Crippen MR) is 57.5 cm³/mol. The summed E-state index contributed by atoms with van der Waals surface area (Å²) in [5, 5.41) is 0. The third kappa shape index (κ3) is 2.97. The summed E-state index contributed by atoms with van der Waals surface area (Å²) >= 11 is 0. The minimum absolute atomic E-state index is 0.318. The Balaban J connectivity index is 1.97. The van der Waals surface area contributed by atoms with Crippen molar-refractivity contribution in [1.82, 2.24) is 9.97 Å². The van der Waals surface area contributed by atoms with Gasteiger partial charge in [-0.05, 0) is 25.5 Å². The van der Waals surface area contributed by atoms with E-state index in [2.05, 4.69) is 9.97 Å². The molecule has 15 heavy (non-hydrogen) atoms. The van der Waals surface area contributed by atoms with Crippen molar-refractivity contribution in [3.8, 4) is 0 Å². The van der Waals surface area contributed by atoms with Crippen LogP contribution in [0, 0.1) is 0 Å². The van der Waals surface area contributed by atoms with E-state index in [4.69, 9.17) is 10.5 Å². The van der Waals surface area contributed by atoms with E-state index in [-0.39, 0.29) is 0 Å². The van der Waals surface area contributed by atoms with Gasteiger partial charge in [-0.15, -0.1) is 0 Å². The van der Waals surface area contributed by atoms with Crippen molar-refractivity contribution in [2.45, 2.75) is 31.8 Å². The first-order valence-electron chi connectivity index (χ1n) is 5.51. The molecule has 1 saturated heterocycles. The van der Waals surface area contributed by atoms with Gasteiger partial charge in [0.15, 0.2) is 0 Å². The van der Waals surface area contributed by atoms with E-state index in [1.54, 1.807) is 0 Å². The van der Waals surface area contributed by atoms with Crippen LogP contribution < -0.4 is 5.73 Å². The fourth-order valence-electron chi connectivity index (χ4n) is 1.84. The molecule has 1 unspecified atom stereocenters. The molecular formula is C11H17N3O. The van der Waals surface area contributed by atoms with Crippen LogP contribution in [-0.2, 0) is 17.6 Å². The molecule has 82 valence electrons. The van der Waals surface area contributed by atoms with Gasteiger partial charge in [-0.1, -0.05) is 0 Å². The fourth-order valence-corrected chi connectivity index (χ4v) is 1.84. The Labute approximate surface area is 89.9 Å². The number of hydrogen-bond donors (Lipinski definition) is 1. The lowest BCUT2D eigenvalue weighted by Gasteiger charge is -2.08. The average molecular weight is 207 g/mol. The summed E-state index contributed by atoms with van der Waals surface area (Å²) in [4.78, 5) is 8.71. The van der Waals surface area contributed by atoms with Crippen LogP contribution >= 0.6 is 0 Å². The van der Waals surface area contributed by atoms with Gasteiger partial charge in [-0.3, -0.25) is 0 Å². The monoisotopic (exact) mass is 207 g/mol. The minimum atomic E-state index is 0.318. The Morgan fingerprint density at radius 1 is 1.53 bits per heavy atom. The first-order chi connectivity index (χ1) is 7.38. The van der Waals surface area contributed by atoms with E-state index in [1.165, 1.54) is 0 Å². The zero-order chi connectivity index (χ0) is 10.5. The summed E-state index contributed by atoms with van der Waals surface area (Å²) in [6.07, 6.45) is 6.07. The molecule has 0 bridgehead atoms. The molecule has 2 heterocycles. The van der Waals surface area contributed by atoms with Gasteiger partial charge >= 0.3 is 0 Å². The van der Waals surface area contributed by atoms with Gasteiger partial charge in [0, 0.05) is 31.3 Å². The Bertz CT molecular complexity index is 310. The van der Waals surface area contributed by atoms with Gasteiger partial charge in [0.1, 0.15) is 5.82 Å². The zero-order valence-corrected chi connectivity index (χ0v) is 8.85. The lowest BCUT2D eigenvalue weighted by Crippen LogP contribution is -2.13. The van der Waals surface area contributed by atoms with E-state index in [0.717, 1.165) is 43.8 Å². The molecule has 0 saturated carbocycles. The number of nitrogens with zero attached hydrogens (tertiary/aromatic N) is 2. The fraction of sp³-hybridized carbons (Fsp3) is 0.636. The van der Waals surface area contributed by atoms with Crippen molar-refractivity contribution in [2.24, 2.45) is 5.73 Å². The maximum Gasteiger partial charge on any atom is 0.131 e. The highest BCUT2D eigenvalue weighted by atomic mass is 16.5. The van der Waals surface area contributed by atoms with Crippen molar-refractivity contribution < 1.29 is 4.74 Å². The molecule has 4 nitrogen and oxygen atoms in total. The summed E-state index contributed by atoms with van der Waals surface area (Å²) in [5.41, 5.74) is 6.52. The smallest absolute Gasteiger partial charge is 0.131 e. The quantitative estimate of drug-likeness (QED) is 0.789. The highest BCUT2D eigenvalue weighted by Crippen LogP contribution is 2.15. The highest BCUT2D eigenvalue weighted by molar-refractivity contribution is 5.03. The summed E-state index contributed by atoms with van der Waals surface area (Å²) < 4.78 is 5.55. The molecule has 4 heteroatoms. The van der Waals surface area contributed by atoms with Crippen LogP contribution in [-0.4, -0.2) is 29.2 Å². The Morgan fingerprint density at radius 3 is 3.20 bits per heavy atom. The summed E-state index contributed by atoms with van der Waals surface area (Å²) in [6.45, 7) is 1.52. The SMILES string of the molecule is NCCc1ccnc(CC2CCCO2)n1. The van der Waals surface area contributed by atoms with Gasteiger partial charge < -0.3 is 10.5 Å². The molecule has 0 radical (unpaired) electrons. The Kier molecular flexibility index (Phi) is 3.64. The van der Waals surface area contributed by atoms with Gasteiger partial charge in [0.05, 0.1) is 6.10 Å². The number of hydrogen-bond acceptors (Lipinski definition) is 4. The standard InChI is InChI=1S/C11H17N3O/c12-5-3-9-4-6-13-11(14-9)8-10-2-1-7-15-10/h4,6,10H,1-3,5,7-8,12H2. The Hall–Kier alpha value is -1.00. The number of ether oxygens (including phenoxy) is 1. The van der Waals surface area contributed by atoms with Crippen molar-refractivity contribution in [1.29, 1.82) is 0 Å². The highest BCUT2D eigenvalue weighted by Gasteiger charge is 2.17. The van der Waals surface area contributed by atoms with Crippen LogP contribution in [0.25, 0.3) is 0 Å². The third-order valence-electron chi connectivity index (χ3n) is 2.60. The predicted octanol–water partition coefficient (Wildman–Crippen LogP) is 0.699. The first kappa shape index (κ1) is 10.5. The largest absolute Gasteiger partial charge is 0.378 e. The topological polar surface area (TPSA) is 61.0 Å². The summed E-state index contributed by atoms with van der Waals surface area (Å²) in [6, 6.07) is 1.92. The maximum absolute atomic E-state index is 5.55. The molecule has 2 rings (SSSR count). The van der Waals surface area contributed by atoms with Crippen molar-refractivity contribution in [3.05, 3.63) is 23.8 Å². The van der Waals surface area contributed by atoms with Gasteiger partial charge in [0.25, 0.3) is 0 Å². The molecule has 1 aromatic rings. The third-order valence-corrected chi connectivity index (χ3v) is 2.60. The van der Waals surface area contributed by atoms with Gasteiger partial charge in [-0.25, -0.2) is 9.97 Å². The van der Waals surface area contributed by atoms with E-state index in [0.29, 0.717) is 12.6 Å². The van der Waals surface area contributed by atoms with Gasteiger partial charge in [-0.2, -0.15) is 0 Å². The Morgan fingerprint density at radius 2 is 2.47 bits per heavy atom. The van der Waals surface area contributed by atoms with Crippen LogP contribution in [0.3, 0.4) is 0 Å². The number of rotatable bonds is 4. The van der Waals surface area contributed by atoms with E-state index in [1.807, 2.05) is 12.3 Å². The molecule has 1 aliphatic rings. The minimum Gasteiger partial charge on any atom is -0.378 e. The molecule has 0 amide bonds.